The van der Waals surface area contributed by atoms with E-state index in [0.717, 1.165) is 6.07 Å². The maximum absolute atomic E-state index is 16.2. The number of esters is 2. The molecule has 5 N–H and O–H groups in total. The summed E-state index contributed by atoms with van der Waals surface area (Å²) in [5.41, 5.74) is -2.87. The van der Waals surface area contributed by atoms with Crippen LogP contribution in [0.15, 0.2) is 67.3 Å². The number of anilines is 1. The van der Waals surface area contributed by atoms with Crippen LogP contribution in [-0.4, -0.2) is 85.9 Å². The molecular weight excluding hydrogens is 887 g/mol. The number of ether oxygens (including phenoxy) is 4. The van der Waals surface area contributed by atoms with Crippen molar-refractivity contribution >= 4 is 52.8 Å². The molecule has 0 aromatic heterocycles. The van der Waals surface area contributed by atoms with Crippen molar-refractivity contribution in [1.82, 2.24) is 16.0 Å². The summed E-state index contributed by atoms with van der Waals surface area (Å²) in [5.74, 6) is -5.25. The second kappa shape index (κ2) is 22.6. The van der Waals surface area contributed by atoms with E-state index in [4.69, 9.17) is 42.1 Å². The van der Waals surface area contributed by atoms with Crippen molar-refractivity contribution in [2.45, 2.75) is 109 Å². The standard InChI is InChI=1S/C47H57Cl2F2N5O9/c1-9-21-63-43(60)34(15-10-11-20-53-44(61)65-46(5,6)7)54-37(57)25-64-42(59)27-16-19-33(35(22-27)62-8)55-41(58)40-38(29-13-12-14-31(49)39(29)51)47(26-52,36(56-40)24-45(2,3)4)30-18-17-28(48)23-32(30)50/h9,12-14,16-19,22-23,34,36,38,40-41,55-56,58H,1,10-11,15,20-21,24-25H2,2-8H3,(H,53,61)(H,54,57)/t34-,36-,38-,40+,41?,47-/m0/s1. The number of amides is 2. The number of benzene rings is 3. The van der Waals surface area contributed by atoms with Gasteiger partial charge in [0.05, 0.1) is 35.5 Å². The Bertz CT molecular complexity index is 2250. The predicted octanol–water partition coefficient (Wildman–Crippen LogP) is 8.10. The molecule has 1 aliphatic rings. The monoisotopic (exact) mass is 943 g/mol. The van der Waals surface area contributed by atoms with Gasteiger partial charge in [0.15, 0.2) is 6.61 Å². The minimum absolute atomic E-state index is 0.0372. The topological polar surface area (TPSA) is 197 Å². The first-order chi connectivity index (χ1) is 30.5. The van der Waals surface area contributed by atoms with Crippen LogP contribution >= 0.6 is 23.2 Å². The highest BCUT2D eigenvalue weighted by Crippen LogP contribution is 2.53. The van der Waals surface area contributed by atoms with Gasteiger partial charge in [0.25, 0.3) is 5.91 Å². The Balaban J connectivity index is 1.53. The van der Waals surface area contributed by atoms with Crippen molar-refractivity contribution in [3.63, 3.8) is 0 Å². The molecule has 0 aliphatic carbocycles. The van der Waals surface area contributed by atoms with E-state index in [1.54, 1.807) is 20.8 Å². The van der Waals surface area contributed by atoms with E-state index in [1.807, 2.05) is 20.8 Å². The SMILES string of the molecule is C=CCOC(=O)[C@H](CCCCNC(=O)OC(C)(C)C)NC(=O)COC(=O)c1ccc(NC(O)[C@@H]2N[C@@H](CC(C)(C)C)[C@](C#N)(c3ccc(Cl)cc3F)[C@H]2c2cccc(Cl)c2F)c(OC)c1. The molecule has 4 rings (SSSR count). The minimum atomic E-state index is -1.81. The third-order valence-corrected chi connectivity index (χ3v) is 11.0. The van der Waals surface area contributed by atoms with Crippen molar-refractivity contribution in [1.29, 1.82) is 5.26 Å². The number of hydrogen-bond donors (Lipinski definition) is 5. The number of rotatable bonds is 19. The predicted molar refractivity (Wildman–Crippen MR) is 242 cm³/mol. The number of aliphatic hydroxyl groups excluding tert-OH is 1. The third kappa shape index (κ3) is 13.8. The molecule has 1 saturated heterocycles. The lowest BCUT2D eigenvalue weighted by Crippen LogP contribution is -2.45. The molecule has 1 aliphatic heterocycles. The van der Waals surface area contributed by atoms with Crippen molar-refractivity contribution < 1.29 is 52.0 Å². The first-order valence-electron chi connectivity index (χ1n) is 21.0. The van der Waals surface area contributed by atoms with Crippen molar-refractivity contribution in [2.24, 2.45) is 5.41 Å². The zero-order valence-electron chi connectivity index (χ0n) is 37.5. The molecule has 0 radical (unpaired) electrons. The van der Waals surface area contributed by atoms with E-state index in [0.29, 0.717) is 12.8 Å². The Hall–Kier alpha value is -5.47. The Morgan fingerprint density at radius 3 is 2.38 bits per heavy atom. The first-order valence-corrected chi connectivity index (χ1v) is 21.7. The maximum atomic E-state index is 16.2. The van der Waals surface area contributed by atoms with E-state index in [1.165, 1.54) is 61.7 Å². The van der Waals surface area contributed by atoms with Gasteiger partial charge in [0.1, 0.15) is 47.3 Å². The molecule has 3 aromatic carbocycles. The average Bonchev–Trinajstić information content (AvgIpc) is 3.54. The van der Waals surface area contributed by atoms with Gasteiger partial charge in [-0.05, 0) is 93.8 Å². The van der Waals surface area contributed by atoms with E-state index in [-0.39, 0.29) is 64.2 Å². The second-order valence-corrected chi connectivity index (χ2v) is 18.6. The van der Waals surface area contributed by atoms with E-state index >= 15 is 8.78 Å². The lowest BCUT2D eigenvalue weighted by atomic mass is 9.62. The summed E-state index contributed by atoms with van der Waals surface area (Å²) < 4.78 is 53.4. The molecule has 18 heteroatoms. The van der Waals surface area contributed by atoms with Crippen LogP contribution in [0.1, 0.15) is 94.6 Å². The fourth-order valence-electron chi connectivity index (χ4n) is 7.76. The van der Waals surface area contributed by atoms with Crippen molar-refractivity contribution in [3.05, 3.63) is 106 Å². The Kier molecular flexibility index (Phi) is 18.2. The number of alkyl carbamates (subject to hydrolysis) is 1. The number of aliphatic hydroxyl groups is 1. The summed E-state index contributed by atoms with van der Waals surface area (Å²) >= 11 is 12.4. The second-order valence-electron chi connectivity index (χ2n) is 17.8. The van der Waals surface area contributed by atoms with Gasteiger partial charge in [-0.1, -0.05) is 74.8 Å². The molecule has 0 spiro atoms. The molecular formula is C47H57Cl2F2N5O9. The van der Waals surface area contributed by atoms with Crippen LogP contribution in [0.5, 0.6) is 5.75 Å². The highest BCUT2D eigenvalue weighted by Gasteiger charge is 2.61. The number of nitrogens with one attached hydrogen (secondary N) is 4. The number of carbonyl (C=O) groups is 4. The van der Waals surface area contributed by atoms with Crippen LogP contribution in [0.3, 0.4) is 0 Å². The molecule has 1 heterocycles. The number of unbranched alkanes of at least 4 members (excludes halogenated alkanes) is 1. The number of methoxy groups -OCH3 is 1. The summed E-state index contributed by atoms with van der Waals surface area (Å²) in [6.45, 7) is 14.0. The lowest BCUT2D eigenvalue weighted by Gasteiger charge is -2.38. The highest BCUT2D eigenvalue weighted by molar-refractivity contribution is 6.31. The van der Waals surface area contributed by atoms with Gasteiger partial charge in [-0.15, -0.1) is 0 Å². The number of hydrogen-bond acceptors (Lipinski definition) is 12. The Morgan fingerprint density at radius 2 is 1.75 bits per heavy atom. The summed E-state index contributed by atoms with van der Waals surface area (Å²) in [5, 5.41) is 34.5. The van der Waals surface area contributed by atoms with Crippen LogP contribution in [-0.2, 0) is 29.2 Å². The summed E-state index contributed by atoms with van der Waals surface area (Å²) in [6.07, 6.45) is 0.495. The molecule has 1 fully saturated rings. The molecule has 352 valence electrons. The fourth-order valence-corrected chi connectivity index (χ4v) is 8.10. The molecule has 2 amide bonds. The maximum Gasteiger partial charge on any atom is 0.407 e. The fraction of sp³-hybridized carbons (Fsp3) is 0.468. The van der Waals surface area contributed by atoms with Crippen LogP contribution in [0.25, 0.3) is 0 Å². The summed E-state index contributed by atoms with van der Waals surface area (Å²) in [6, 6.07) is 11.5. The number of nitriles is 1. The van der Waals surface area contributed by atoms with Gasteiger partial charge >= 0.3 is 18.0 Å². The number of halogens is 4. The normalized spacial score (nSPS) is 19.2. The molecule has 3 aromatic rings. The lowest BCUT2D eigenvalue weighted by molar-refractivity contribution is -0.147. The average molecular weight is 945 g/mol. The molecule has 14 nitrogen and oxygen atoms in total. The minimum Gasteiger partial charge on any atom is -0.495 e. The van der Waals surface area contributed by atoms with Crippen LogP contribution in [0.4, 0.5) is 19.3 Å². The van der Waals surface area contributed by atoms with Gasteiger partial charge in [-0.3, -0.25) is 4.79 Å². The largest absolute Gasteiger partial charge is 0.495 e. The molecule has 0 bridgehead atoms. The third-order valence-electron chi connectivity index (χ3n) is 10.5. The summed E-state index contributed by atoms with van der Waals surface area (Å²) in [4.78, 5) is 50.8. The van der Waals surface area contributed by atoms with E-state index in [9.17, 15) is 29.5 Å². The van der Waals surface area contributed by atoms with Crippen LogP contribution in [0, 0.1) is 28.4 Å². The zero-order chi connectivity index (χ0) is 48.3. The molecule has 1 unspecified atom stereocenters. The highest BCUT2D eigenvalue weighted by atomic mass is 35.5. The summed E-state index contributed by atoms with van der Waals surface area (Å²) in [7, 11) is 1.32. The van der Waals surface area contributed by atoms with Gasteiger partial charge in [0, 0.05) is 29.1 Å². The quantitative estimate of drug-likeness (QED) is 0.0255. The van der Waals surface area contributed by atoms with E-state index < -0.39 is 88.9 Å². The Morgan fingerprint density at radius 1 is 1.03 bits per heavy atom. The van der Waals surface area contributed by atoms with Gasteiger partial charge in [-0.25, -0.2) is 23.2 Å². The van der Waals surface area contributed by atoms with Gasteiger partial charge in [-0.2, -0.15) is 5.26 Å². The van der Waals surface area contributed by atoms with Gasteiger partial charge < -0.3 is 45.3 Å². The van der Waals surface area contributed by atoms with Crippen LogP contribution in [0.2, 0.25) is 10.0 Å². The first kappa shape index (κ1) is 52.2. The van der Waals surface area contributed by atoms with Gasteiger partial charge in [0.2, 0.25) is 0 Å². The number of carbonyl (C=O) groups excluding carboxylic acids is 4. The van der Waals surface area contributed by atoms with Crippen molar-refractivity contribution in [2.75, 3.05) is 32.2 Å². The molecule has 6 atom stereocenters. The van der Waals surface area contributed by atoms with Crippen molar-refractivity contribution in [3.8, 4) is 11.8 Å². The molecule has 65 heavy (non-hydrogen) atoms. The Labute approximate surface area is 388 Å². The smallest absolute Gasteiger partial charge is 0.407 e. The zero-order valence-corrected chi connectivity index (χ0v) is 39.0. The number of nitrogens with zero attached hydrogens (tertiary/aromatic N) is 1. The molecule has 0 saturated carbocycles. The van der Waals surface area contributed by atoms with Crippen LogP contribution < -0.4 is 26.0 Å². The van der Waals surface area contributed by atoms with E-state index in [2.05, 4.69) is 33.9 Å².